The molecule has 0 aliphatic carbocycles. The molecular weight excluding hydrogens is 142 g/mol. The molecule has 0 saturated carbocycles. The Kier molecular flexibility index (Phi) is 1.46. The molecule has 1 saturated heterocycles. The number of aromatic nitrogens is 1. The topological polar surface area (TPSA) is 35.3 Å². The summed E-state index contributed by atoms with van der Waals surface area (Å²) in [5.74, 6) is 0. The zero-order valence-electron chi connectivity index (χ0n) is 6.54. The molecule has 3 nitrogen and oxygen atoms in total. The Balaban J connectivity index is 2.27. The fourth-order valence-corrected chi connectivity index (χ4v) is 1.39. The largest absolute Gasteiger partial charge is 0.380 e. The highest BCUT2D eigenvalue weighted by atomic mass is 16.5. The molecule has 1 aliphatic heterocycles. The number of rotatable bonds is 1. The quantitative estimate of drug-likeness (QED) is 0.611. The fourth-order valence-electron chi connectivity index (χ4n) is 1.39. The molecule has 1 aliphatic rings. The molecule has 11 heavy (non-hydrogen) atoms. The van der Waals surface area contributed by atoms with Gasteiger partial charge in [-0.3, -0.25) is 0 Å². The van der Waals surface area contributed by atoms with Gasteiger partial charge in [-0.1, -0.05) is 12.1 Å². The van der Waals surface area contributed by atoms with Crippen LogP contribution in [0.15, 0.2) is 16.9 Å². The van der Waals surface area contributed by atoms with Crippen LogP contribution in [-0.2, 0) is 10.2 Å². The predicted molar refractivity (Wildman–Crippen MR) is 39.3 cm³/mol. The second-order valence-electron chi connectivity index (χ2n) is 3.25. The van der Waals surface area contributed by atoms with Crippen molar-refractivity contribution in [3.8, 4) is 0 Å². The Hall–Kier alpha value is -0.830. The summed E-state index contributed by atoms with van der Waals surface area (Å²) in [4.78, 5) is 0. The van der Waals surface area contributed by atoms with Crippen molar-refractivity contribution in [1.82, 2.24) is 5.16 Å². The van der Waals surface area contributed by atoms with E-state index in [2.05, 4.69) is 12.1 Å². The van der Waals surface area contributed by atoms with Crippen LogP contribution in [0.4, 0.5) is 0 Å². The molecule has 2 rings (SSSR count). The zero-order valence-corrected chi connectivity index (χ0v) is 6.54. The number of hydrogen-bond donors (Lipinski definition) is 0. The summed E-state index contributed by atoms with van der Waals surface area (Å²) in [6, 6.07) is 1.91. The van der Waals surface area contributed by atoms with Gasteiger partial charge in [-0.15, -0.1) is 0 Å². The molecule has 1 fully saturated rings. The van der Waals surface area contributed by atoms with Gasteiger partial charge >= 0.3 is 0 Å². The first-order chi connectivity index (χ1) is 5.31. The Morgan fingerprint density at radius 2 is 2.55 bits per heavy atom. The van der Waals surface area contributed by atoms with Crippen molar-refractivity contribution < 1.29 is 9.26 Å². The minimum atomic E-state index is 0.0903. The van der Waals surface area contributed by atoms with Crippen molar-refractivity contribution >= 4 is 0 Å². The molecule has 3 heteroatoms. The maximum atomic E-state index is 5.30. The van der Waals surface area contributed by atoms with E-state index in [-0.39, 0.29) is 5.41 Å². The third-order valence-corrected chi connectivity index (χ3v) is 2.28. The van der Waals surface area contributed by atoms with E-state index in [4.69, 9.17) is 9.26 Å². The number of ether oxygens (including phenoxy) is 1. The summed E-state index contributed by atoms with van der Waals surface area (Å²) in [5.41, 5.74) is 1.10. The molecule has 0 bridgehead atoms. The van der Waals surface area contributed by atoms with E-state index in [1.54, 1.807) is 6.26 Å². The van der Waals surface area contributed by atoms with Crippen molar-refractivity contribution in [2.24, 2.45) is 0 Å². The first-order valence-electron chi connectivity index (χ1n) is 3.80. The summed E-state index contributed by atoms with van der Waals surface area (Å²) in [5, 5.41) is 3.92. The minimum Gasteiger partial charge on any atom is -0.380 e. The summed E-state index contributed by atoms with van der Waals surface area (Å²) >= 11 is 0. The second-order valence-corrected chi connectivity index (χ2v) is 3.25. The standard InChI is InChI=1S/C8H11NO2/c1-8(3-5-10-6-8)7-2-4-11-9-7/h2,4H,3,5-6H2,1H3. The molecule has 2 heterocycles. The van der Waals surface area contributed by atoms with E-state index >= 15 is 0 Å². The SMILES string of the molecule is CC1(c2ccon2)CCOC1. The average Bonchev–Trinajstić information content (AvgIpc) is 2.55. The van der Waals surface area contributed by atoms with Crippen molar-refractivity contribution in [2.45, 2.75) is 18.8 Å². The van der Waals surface area contributed by atoms with Crippen molar-refractivity contribution in [3.63, 3.8) is 0 Å². The van der Waals surface area contributed by atoms with Gasteiger partial charge in [-0.05, 0) is 6.42 Å². The minimum absolute atomic E-state index is 0.0903. The lowest BCUT2D eigenvalue weighted by molar-refractivity contribution is 0.179. The van der Waals surface area contributed by atoms with Crippen LogP contribution in [0.25, 0.3) is 0 Å². The third-order valence-electron chi connectivity index (χ3n) is 2.28. The van der Waals surface area contributed by atoms with Gasteiger partial charge in [0.05, 0.1) is 12.3 Å². The van der Waals surface area contributed by atoms with E-state index in [9.17, 15) is 0 Å². The van der Waals surface area contributed by atoms with Gasteiger partial charge in [0.15, 0.2) is 0 Å². The van der Waals surface area contributed by atoms with Crippen LogP contribution in [-0.4, -0.2) is 18.4 Å². The predicted octanol–water partition coefficient (Wildman–Crippen LogP) is 1.35. The smallest absolute Gasteiger partial charge is 0.124 e. The van der Waals surface area contributed by atoms with Crippen LogP contribution >= 0.6 is 0 Å². The Bertz CT molecular complexity index is 224. The first-order valence-corrected chi connectivity index (χ1v) is 3.80. The Morgan fingerprint density at radius 1 is 1.64 bits per heavy atom. The van der Waals surface area contributed by atoms with E-state index in [1.165, 1.54) is 0 Å². The molecule has 0 aromatic carbocycles. The second kappa shape index (κ2) is 2.34. The molecule has 0 spiro atoms. The summed E-state index contributed by atoms with van der Waals surface area (Å²) in [6.45, 7) is 3.75. The van der Waals surface area contributed by atoms with Gasteiger partial charge in [-0.2, -0.15) is 0 Å². The Morgan fingerprint density at radius 3 is 3.09 bits per heavy atom. The monoisotopic (exact) mass is 153 g/mol. The lowest BCUT2D eigenvalue weighted by atomic mass is 9.86. The number of hydrogen-bond acceptors (Lipinski definition) is 3. The van der Waals surface area contributed by atoms with E-state index < -0.39 is 0 Å². The van der Waals surface area contributed by atoms with Gasteiger partial charge in [-0.25, -0.2) is 0 Å². The van der Waals surface area contributed by atoms with Crippen LogP contribution < -0.4 is 0 Å². The summed E-state index contributed by atoms with van der Waals surface area (Å²) in [6.07, 6.45) is 2.65. The van der Waals surface area contributed by atoms with Crippen LogP contribution in [0, 0.1) is 0 Å². The molecular formula is C8H11NO2. The molecule has 1 unspecified atom stereocenters. The molecule has 1 aromatic heterocycles. The summed E-state index contributed by atoms with van der Waals surface area (Å²) in [7, 11) is 0. The molecule has 1 aromatic rings. The third kappa shape index (κ3) is 1.05. The maximum Gasteiger partial charge on any atom is 0.124 e. The van der Waals surface area contributed by atoms with E-state index in [0.717, 1.165) is 25.3 Å². The highest BCUT2D eigenvalue weighted by molar-refractivity contribution is 5.13. The van der Waals surface area contributed by atoms with Crippen LogP contribution in [0.2, 0.25) is 0 Å². The number of nitrogens with zero attached hydrogens (tertiary/aromatic N) is 1. The average molecular weight is 153 g/mol. The van der Waals surface area contributed by atoms with E-state index in [1.807, 2.05) is 6.07 Å². The lowest BCUT2D eigenvalue weighted by Crippen LogP contribution is -2.21. The maximum absolute atomic E-state index is 5.30. The van der Waals surface area contributed by atoms with Crippen molar-refractivity contribution in [2.75, 3.05) is 13.2 Å². The fraction of sp³-hybridized carbons (Fsp3) is 0.625. The molecule has 0 N–H and O–H groups in total. The van der Waals surface area contributed by atoms with Crippen molar-refractivity contribution in [3.05, 3.63) is 18.0 Å². The van der Waals surface area contributed by atoms with E-state index in [0.29, 0.717) is 0 Å². The van der Waals surface area contributed by atoms with Crippen LogP contribution in [0.1, 0.15) is 19.0 Å². The normalized spacial score (nSPS) is 31.0. The zero-order chi connectivity index (χ0) is 7.73. The van der Waals surface area contributed by atoms with Gasteiger partial charge in [0.2, 0.25) is 0 Å². The molecule has 1 atom stereocenters. The van der Waals surface area contributed by atoms with Gasteiger partial charge < -0.3 is 9.26 Å². The van der Waals surface area contributed by atoms with Crippen LogP contribution in [0.5, 0.6) is 0 Å². The Labute approximate surface area is 65.3 Å². The first kappa shape index (κ1) is 6.85. The lowest BCUT2D eigenvalue weighted by Gasteiger charge is -2.16. The molecule has 0 radical (unpaired) electrons. The summed E-state index contributed by atoms with van der Waals surface area (Å²) < 4.78 is 10.1. The molecule has 60 valence electrons. The highest BCUT2D eigenvalue weighted by Gasteiger charge is 2.33. The highest BCUT2D eigenvalue weighted by Crippen LogP contribution is 2.30. The molecule has 0 amide bonds. The van der Waals surface area contributed by atoms with Crippen molar-refractivity contribution in [1.29, 1.82) is 0 Å². The van der Waals surface area contributed by atoms with Gasteiger partial charge in [0.1, 0.15) is 6.26 Å². The van der Waals surface area contributed by atoms with Crippen LogP contribution in [0.3, 0.4) is 0 Å². The van der Waals surface area contributed by atoms with Gasteiger partial charge in [0.25, 0.3) is 0 Å². The van der Waals surface area contributed by atoms with Gasteiger partial charge in [0, 0.05) is 18.1 Å².